The summed E-state index contributed by atoms with van der Waals surface area (Å²) < 4.78 is 0. The van der Waals surface area contributed by atoms with Crippen LogP contribution in [0.4, 0.5) is 0 Å². The lowest BCUT2D eigenvalue weighted by Gasteiger charge is -2.16. The van der Waals surface area contributed by atoms with E-state index in [-0.39, 0.29) is 12.2 Å². The van der Waals surface area contributed by atoms with Crippen molar-refractivity contribution in [1.29, 1.82) is 0 Å². The summed E-state index contributed by atoms with van der Waals surface area (Å²) in [4.78, 5) is 10.8. The first-order valence-corrected chi connectivity index (χ1v) is 4.83. The second-order valence-corrected chi connectivity index (χ2v) is 3.43. The number of allylic oxidation sites excluding steroid dienone is 3. The number of fused-ring (bicyclic) bond motifs is 1. The second-order valence-electron chi connectivity index (χ2n) is 3.43. The quantitative estimate of drug-likeness (QED) is 0.641. The first kappa shape index (κ1) is 10.4. The van der Waals surface area contributed by atoms with Gasteiger partial charge in [0.2, 0.25) is 0 Å². The summed E-state index contributed by atoms with van der Waals surface area (Å²) in [6, 6.07) is 0. The molecule has 16 heavy (non-hydrogen) atoms. The Bertz CT molecular complexity index is 478. The van der Waals surface area contributed by atoms with E-state index in [0.717, 1.165) is 16.8 Å². The van der Waals surface area contributed by atoms with Crippen LogP contribution in [0.1, 0.15) is 0 Å². The molecule has 4 heteroatoms. The molecule has 0 fully saturated rings. The number of hydrogen-bond donors (Lipinski definition) is 3. The number of dihydropyridines is 1. The van der Waals surface area contributed by atoms with Crippen molar-refractivity contribution in [1.82, 2.24) is 5.32 Å². The van der Waals surface area contributed by atoms with Gasteiger partial charge in [-0.2, -0.15) is 0 Å². The Kier molecular flexibility index (Phi) is 2.74. The van der Waals surface area contributed by atoms with Gasteiger partial charge >= 0.3 is 5.97 Å². The van der Waals surface area contributed by atoms with Gasteiger partial charge in [-0.1, -0.05) is 24.3 Å². The molecule has 3 N–H and O–H groups in total. The van der Waals surface area contributed by atoms with E-state index in [1.807, 2.05) is 0 Å². The van der Waals surface area contributed by atoms with Crippen molar-refractivity contribution >= 4 is 5.97 Å². The number of carbonyl (C=O) groups is 1. The number of carboxylic acids is 1. The Hall–Kier alpha value is -2.07. The van der Waals surface area contributed by atoms with Gasteiger partial charge in [-0.05, 0) is 11.6 Å². The number of nitrogens with one attached hydrogen (secondary N) is 1. The zero-order valence-electron chi connectivity index (χ0n) is 8.47. The Morgan fingerprint density at radius 3 is 2.75 bits per heavy atom. The number of carboxylic acid groups (broad SMARTS) is 1. The van der Waals surface area contributed by atoms with Crippen LogP contribution < -0.4 is 5.32 Å². The lowest BCUT2D eigenvalue weighted by atomic mass is 10.0. The zero-order valence-corrected chi connectivity index (χ0v) is 8.47. The Morgan fingerprint density at radius 2 is 2.06 bits per heavy atom. The molecule has 0 spiro atoms. The van der Waals surface area contributed by atoms with Gasteiger partial charge in [-0.15, -0.1) is 0 Å². The predicted molar refractivity (Wildman–Crippen MR) is 59.3 cm³/mol. The maximum Gasteiger partial charge on any atom is 0.337 e. The smallest absolute Gasteiger partial charge is 0.337 e. The average molecular weight is 217 g/mol. The van der Waals surface area contributed by atoms with E-state index < -0.39 is 5.97 Å². The minimum Gasteiger partial charge on any atom is -0.478 e. The van der Waals surface area contributed by atoms with Crippen LogP contribution in [0.3, 0.4) is 0 Å². The third kappa shape index (κ3) is 1.83. The van der Waals surface area contributed by atoms with E-state index in [9.17, 15) is 9.90 Å². The number of aliphatic hydroxyl groups excluding tert-OH is 1. The van der Waals surface area contributed by atoms with Gasteiger partial charge < -0.3 is 15.5 Å². The highest BCUT2D eigenvalue weighted by Crippen LogP contribution is 2.23. The molecule has 0 saturated carbocycles. The summed E-state index contributed by atoms with van der Waals surface area (Å²) in [5, 5.41) is 21.0. The van der Waals surface area contributed by atoms with Gasteiger partial charge in [0.1, 0.15) is 0 Å². The molecule has 1 aliphatic carbocycles. The fourth-order valence-electron chi connectivity index (χ4n) is 1.59. The Labute approximate surface area is 92.6 Å². The molecule has 0 aromatic rings. The molecule has 0 saturated heterocycles. The summed E-state index contributed by atoms with van der Waals surface area (Å²) in [6.45, 7) is -0.0892. The van der Waals surface area contributed by atoms with Crippen LogP contribution in [0.15, 0.2) is 59.0 Å². The third-order valence-corrected chi connectivity index (χ3v) is 2.39. The van der Waals surface area contributed by atoms with E-state index in [4.69, 9.17) is 5.11 Å². The summed E-state index contributed by atoms with van der Waals surface area (Å²) >= 11 is 0. The van der Waals surface area contributed by atoms with Crippen LogP contribution in [0.25, 0.3) is 0 Å². The van der Waals surface area contributed by atoms with Crippen LogP contribution in [-0.2, 0) is 4.79 Å². The van der Waals surface area contributed by atoms with Crippen LogP contribution in [0.5, 0.6) is 0 Å². The molecule has 0 amide bonds. The SMILES string of the molecule is O=C(O)C1=CNC2=C(CO)C=CC=CC2=C1. The van der Waals surface area contributed by atoms with Gasteiger partial charge in [0.15, 0.2) is 0 Å². The first-order chi connectivity index (χ1) is 7.72. The minimum atomic E-state index is -0.977. The molecule has 0 aromatic carbocycles. The van der Waals surface area contributed by atoms with Crippen molar-refractivity contribution in [3.63, 3.8) is 0 Å². The topological polar surface area (TPSA) is 69.6 Å². The van der Waals surface area contributed by atoms with Crippen LogP contribution in [-0.4, -0.2) is 22.8 Å². The lowest BCUT2D eigenvalue weighted by molar-refractivity contribution is -0.132. The summed E-state index contributed by atoms with van der Waals surface area (Å²) in [5.41, 5.74) is 2.44. The van der Waals surface area contributed by atoms with Crippen LogP contribution >= 0.6 is 0 Å². The van der Waals surface area contributed by atoms with Gasteiger partial charge in [0.05, 0.1) is 17.9 Å². The molecule has 82 valence electrons. The fraction of sp³-hybridized carbons (Fsp3) is 0.0833. The van der Waals surface area contributed by atoms with Crippen molar-refractivity contribution in [2.24, 2.45) is 0 Å². The molecule has 1 heterocycles. The molecule has 2 rings (SSSR count). The highest BCUT2D eigenvalue weighted by molar-refractivity contribution is 5.91. The maximum absolute atomic E-state index is 10.8. The van der Waals surface area contributed by atoms with Gasteiger partial charge in [-0.3, -0.25) is 0 Å². The van der Waals surface area contributed by atoms with E-state index in [0.29, 0.717) is 0 Å². The standard InChI is InChI=1S/C12H11NO3/c14-7-9-4-2-1-3-8-5-10(12(15)16)6-13-11(8)9/h1-6,13-14H,7H2,(H,15,16). The summed E-state index contributed by atoms with van der Waals surface area (Å²) in [7, 11) is 0. The molecule has 0 bridgehead atoms. The van der Waals surface area contributed by atoms with Crippen LogP contribution in [0, 0.1) is 0 Å². The lowest BCUT2D eigenvalue weighted by Crippen LogP contribution is -2.18. The van der Waals surface area contributed by atoms with E-state index in [1.54, 1.807) is 30.4 Å². The summed E-state index contributed by atoms with van der Waals surface area (Å²) in [6.07, 6.45) is 10.2. The first-order valence-electron chi connectivity index (χ1n) is 4.83. The van der Waals surface area contributed by atoms with E-state index in [1.165, 1.54) is 6.20 Å². The maximum atomic E-state index is 10.8. The number of aliphatic hydroxyl groups is 1. The number of aliphatic carboxylic acids is 1. The Balaban J connectivity index is 2.46. The number of hydrogen-bond acceptors (Lipinski definition) is 3. The molecular weight excluding hydrogens is 206 g/mol. The Morgan fingerprint density at radius 1 is 1.31 bits per heavy atom. The minimum absolute atomic E-state index is 0.0892. The summed E-state index contributed by atoms with van der Waals surface area (Å²) in [5.74, 6) is -0.977. The molecule has 2 aliphatic rings. The molecule has 0 radical (unpaired) electrons. The van der Waals surface area contributed by atoms with Crippen molar-refractivity contribution in [2.45, 2.75) is 0 Å². The van der Waals surface area contributed by atoms with E-state index >= 15 is 0 Å². The van der Waals surface area contributed by atoms with Gasteiger partial charge in [0, 0.05) is 11.8 Å². The van der Waals surface area contributed by atoms with Crippen molar-refractivity contribution in [2.75, 3.05) is 6.61 Å². The highest BCUT2D eigenvalue weighted by Gasteiger charge is 2.16. The van der Waals surface area contributed by atoms with Gasteiger partial charge in [0.25, 0.3) is 0 Å². The fourth-order valence-corrected chi connectivity index (χ4v) is 1.59. The molecule has 4 nitrogen and oxygen atoms in total. The largest absolute Gasteiger partial charge is 0.478 e. The molecule has 0 aromatic heterocycles. The number of rotatable bonds is 2. The predicted octanol–water partition coefficient (Wildman–Crippen LogP) is 0.857. The van der Waals surface area contributed by atoms with Crippen LogP contribution in [0.2, 0.25) is 0 Å². The van der Waals surface area contributed by atoms with E-state index in [2.05, 4.69) is 5.32 Å². The zero-order chi connectivity index (χ0) is 11.5. The monoisotopic (exact) mass is 217 g/mol. The van der Waals surface area contributed by atoms with Crippen molar-refractivity contribution in [3.05, 3.63) is 59.0 Å². The second kappa shape index (κ2) is 4.20. The van der Waals surface area contributed by atoms with Gasteiger partial charge in [-0.25, -0.2) is 4.79 Å². The third-order valence-electron chi connectivity index (χ3n) is 2.39. The van der Waals surface area contributed by atoms with Crippen molar-refractivity contribution < 1.29 is 15.0 Å². The average Bonchev–Trinajstić information content (AvgIpc) is 2.49. The van der Waals surface area contributed by atoms with Crippen molar-refractivity contribution in [3.8, 4) is 0 Å². The molecule has 0 unspecified atom stereocenters. The normalized spacial score (nSPS) is 18.3. The highest BCUT2D eigenvalue weighted by atomic mass is 16.4. The molecule has 0 atom stereocenters. The molecular formula is C12H11NO3. The molecule has 1 aliphatic heterocycles.